The van der Waals surface area contributed by atoms with E-state index in [0.717, 1.165) is 58.5 Å². The zero-order chi connectivity index (χ0) is 32.7. The third-order valence-electron chi connectivity index (χ3n) is 7.96. The van der Waals surface area contributed by atoms with Gasteiger partial charge in [0.1, 0.15) is 29.4 Å². The number of aryl methyl sites for hydroxylation is 1. The Morgan fingerprint density at radius 3 is 2.67 bits per heavy atom. The van der Waals surface area contributed by atoms with Crippen LogP contribution in [0.25, 0.3) is 27.6 Å². The molecular formula is C32H47N7O4SSi. The van der Waals surface area contributed by atoms with E-state index in [4.69, 9.17) is 24.3 Å². The van der Waals surface area contributed by atoms with Crippen molar-refractivity contribution in [3.05, 3.63) is 34.7 Å². The lowest BCUT2D eigenvalue weighted by atomic mass is 9.96. The lowest BCUT2D eigenvalue weighted by Gasteiger charge is -2.32. The molecule has 5 rings (SSSR count). The van der Waals surface area contributed by atoms with Gasteiger partial charge in [0.2, 0.25) is 0 Å². The van der Waals surface area contributed by atoms with Crippen molar-refractivity contribution >= 4 is 31.2 Å². The van der Waals surface area contributed by atoms with Gasteiger partial charge in [-0.2, -0.15) is 10.2 Å². The first kappa shape index (κ1) is 33.1. The number of hydrogen-bond acceptors (Lipinski definition) is 9. The van der Waals surface area contributed by atoms with Gasteiger partial charge < -0.3 is 19.1 Å². The molecule has 0 radical (unpaired) electrons. The molecular weight excluding hydrogens is 607 g/mol. The van der Waals surface area contributed by atoms with Crippen molar-refractivity contribution in [2.75, 3.05) is 20.8 Å². The number of nitrogens with zero attached hydrogens (tertiary/aromatic N) is 7. The maximum absolute atomic E-state index is 12.8. The average Bonchev–Trinajstić information content (AvgIpc) is 3.68. The molecule has 1 atom stereocenters. The van der Waals surface area contributed by atoms with Crippen LogP contribution in [0.15, 0.2) is 18.6 Å². The lowest BCUT2D eigenvalue weighted by molar-refractivity contribution is 0.0210. The Hall–Kier alpha value is -3.29. The van der Waals surface area contributed by atoms with Crippen LogP contribution in [0.4, 0.5) is 4.79 Å². The van der Waals surface area contributed by atoms with Crippen LogP contribution in [0, 0.1) is 0 Å². The van der Waals surface area contributed by atoms with Gasteiger partial charge in [0.05, 0.1) is 18.5 Å². The zero-order valence-electron chi connectivity index (χ0n) is 28.3. The summed E-state index contributed by atoms with van der Waals surface area (Å²) in [6, 6.07) is 3.13. The second-order valence-electron chi connectivity index (χ2n) is 14.3. The number of carbonyl (C=O) groups is 1. The summed E-state index contributed by atoms with van der Waals surface area (Å²) >= 11 is 1.67. The molecule has 1 aliphatic rings. The number of aromatic nitrogens is 6. The molecule has 1 unspecified atom stereocenters. The fourth-order valence-electron chi connectivity index (χ4n) is 5.56. The van der Waals surface area contributed by atoms with Crippen LogP contribution in [-0.4, -0.2) is 80.8 Å². The Kier molecular flexibility index (Phi) is 9.44. The minimum Gasteiger partial charge on any atom is -0.493 e. The third kappa shape index (κ3) is 7.41. The molecule has 4 aromatic rings. The second-order valence-corrected chi connectivity index (χ2v) is 21.0. The van der Waals surface area contributed by atoms with Gasteiger partial charge in [0, 0.05) is 56.4 Å². The molecule has 4 heterocycles. The molecule has 0 bridgehead atoms. The second kappa shape index (κ2) is 12.8. The van der Waals surface area contributed by atoms with Crippen LogP contribution in [-0.2, 0) is 29.0 Å². The van der Waals surface area contributed by atoms with Gasteiger partial charge in [0.25, 0.3) is 0 Å². The molecule has 13 heteroatoms. The number of rotatable bonds is 10. The van der Waals surface area contributed by atoms with Crippen molar-refractivity contribution in [3.8, 4) is 27.7 Å². The first-order chi connectivity index (χ1) is 21.1. The van der Waals surface area contributed by atoms with Crippen molar-refractivity contribution in [2.24, 2.45) is 0 Å². The fraction of sp³-hybridized carbons (Fsp3) is 0.594. The number of methoxy groups -OCH3 is 1. The summed E-state index contributed by atoms with van der Waals surface area (Å²) in [5, 5.41) is 10.5. The molecule has 0 saturated heterocycles. The third-order valence-corrected chi connectivity index (χ3v) is 10.8. The molecule has 244 valence electrons. The normalized spacial score (nSPS) is 15.5. The van der Waals surface area contributed by atoms with E-state index in [0.29, 0.717) is 24.7 Å². The Balaban J connectivity index is 1.53. The van der Waals surface area contributed by atoms with Crippen molar-refractivity contribution in [1.82, 2.24) is 34.3 Å². The van der Waals surface area contributed by atoms with Crippen molar-refractivity contribution in [3.63, 3.8) is 0 Å². The zero-order valence-corrected chi connectivity index (χ0v) is 30.1. The Labute approximate surface area is 270 Å². The number of thiazole rings is 1. The van der Waals surface area contributed by atoms with Crippen LogP contribution < -0.4 is 4.74 Å². The van der Waals surface area contributed by atoms with E-state index in [1.54, 1.807) is 27.9 Å². The van der Waals surface area contributed by atoms with Crippen LogP contribution in [0.3, 0.4) is 0 Å². The van der Waals surface area contributed by atoms with Crippen LogP contribution in [0.1, 0.15) is 63.1 Å². The number of fused-ring (bicyclic) bond motifs is 2. The minimum absolute atomic E-state index is 0.0555. The Morgan fingerprint density at radius 1 is 1.24 bits per heavy atom. The van der Waals surface area contributed by atoms with Gasteiger partial charge in [0.15, 0.2) is 11.4 Å². The van der Waals surface area contributed by atoms with Crippen LogP contribution in [0.5, 0.6) is 5.75 Å². The number of pyridine rings is 1. The topological polar surface area (TPSA) is 109 Å². The predicted molar refractivity (Wildman–Crippen MR) is 180 cm³/mol. The number of amides is 1. The quantitative estimate of drug-likeness (QED) is 0.135. The van der Waals surface area contributed by atoms with E-state index in [9.17, 15) is 4.79 Å². The number of ether oxygens (including phenoxy) is 3. The van der Waals surface area contributed by atoms with Crippen molar-refractivity contribution in [2.45, 2.75) is 104 Å². The minimum atomic E-state index is -1.25. The maximum Gasteiger partial charge on any atom is 0.410 e. The average molecular weight is 654 g/mol. The number of likely N-dealkylation sites (N-methyl/N-ethyl adjacent to an activating group) is 1. The highest BCUT2D eigenvalue weighted by molar-refractivity contribution is 7.15. The summed E-state index contributed by atoms with van der Waals surface area (Å²) in [6.45, 7) is 18.1. The van der Waals surface area contributed by atoms with Gasteiger partial charge >= 0.3 is 6.09 Å². The summed E-state index contributed by atoms with van der Waals surface area (Å²) in [5.41, 5.74) is 5.05. The largest absolute Gasteiger partial charge is 0.493 e. The van der Waals surface area contributed by atoms with E-state index in [-0.39, 0.29) is 18.1 Å². The van der Waals surface area contributed by atoms with Crippen molar-refractivity contribution in [1.29, 1.82) is 0 Å². The fourth-order valence-corrected chi connectivity index (χ4v) is 7.49. The molecule has 4 aromatic heterocycles. The predicted octanol–water partition coefficient (Wildman–Crippen LogP) is 6.88. The SMILES string of the molecule is COc1cc(-c2c(C(C)C)c(-c3nc4c(s3)CC(N(C)C(=O)OC(C)(C)C)CC4)nn2COCC[Si](C)(C)C)cn2ncnc12. The number of carbonyl (C=O) groups excluding carboxylic acids is 1. The van der Waals surface area contributed by atoms with E-state index < -0.39 is 13.7 Å². The summed E-state index contributed by atoms with van der Waals surface area (Å²) in [4.78, 5) is 25.3. The van der Waals surface area contributed by atoms with Crippen LogP contribution in [0.2, 0.25) is 25.7 Å². The molecule has 1 amide bonds. The molecule has 0 saturated carbocycles. The lowest BCUT2D eigenvalue weighted by Crippen LogP contribution is -2.43. The molecule has 1 aliphatic carbocycles. The van der Waals surface area contributed by atoms with E-state index >= 15 is 0 Å². The summed E-state index contributed by atoms with van der Waals surface area (Å²) in [5.74, 6) is 0.786. The highest BCUT2D eigenvalue weighted by Crippen LogP contribution is 2.42. The van der Waals surface area contributed by atoms with Gasteiger partial charge in [-0.15, -0.1) is 11.3 Å². The summed E-state index contributed by atoms with van der Waals surface area (Å²) in [7, 11) is 2.22. The summed E-state index contributed by atoms with van der Waals surface area (Å²) in [6.07, 6.45) is 5.59. The highest BCUT2D eigenvalue weighted by atomic mass is 32.1. The summed E-state index contributed by atoms with van der Waals surface area (Å²) < 4.78 is 21.3. The molecule has 0 aliphatic heterocycles. The van der Waals surface area contributed by atoms with Crippen molar-refractivity contribution < 1.29 is 19.0 Å². The molecule has 45 heavy (non-hydrogen) atoms. The smallest absolute Gasteiger partial charge is 0.410 e. The molecule has 0 spiro atoms. The van der Waals surface area contributed by atoms with E-state index in [1.807, 2.05) is 44.8 Å². The first-order valence-corrected chi connectivity index (χ1v) is 20.2. The number of hydrogen-bond donors (Lipinski definition) is 0. The van der Waals surface area contributed by atoms with E-state index in [2.05, 4.69) is 43.6 Å². The molecule has 11 nitrogen and oxygen atoms in total. The van der Waals surface area contributed by atoms with Gasteiger partial charge in [-0.3, -0.25) is 0 Å². The van der Waals surface area contributed by atoms with Gasteiger partial charge in [-0.1, -0.05) is 33.5 Å². The van der Waals surface area contributed by atoms with Gasteiger partial charge in [-0.25, -0.2) is 24.0 Å². The standard InChI is InChI=1S/C32H47N7O4SSi/c1-20(2)26-27(30-35-23-12-11-22(16-25(23)44-30)37(6)31(40)43-32(3,4)5)36-39(19-42-13-14-45(8,9)10)28(26)21-15-24(41-7)29-33-18-34-38(29)17-21/h15,17-18,20,22H,11-14,16,19H2,1-10H3. The molecule has 0 fully saturated rings. The molecule has 0 N–H and O–H groups in total. The van der Waals surface area contributed by atoms with Gasteiger partial charge in [-0.05, 0) is 51.6 Å². The van der Waals surface area contributed by atoms with Crippen LogP contribution >= 0.6 is 11.3 Å². The highest BCUT2D eigenvalue weighted by Gasteiger charge is 2.32. The maximum atomic E-state index is 12.8. The van der Waals surface area contributed by atoms with E-state index in [1.165, 1.54) is 11.2 Å². The first-order valence-electron chi connectivity index (χ1n) is 15.7. The monoisotopic (exact) mass is 653 g/mol. The Morgan fingerprint density at radius 2 is 2.00 bits per heavy atom. The molecule has 0 aromatic carbocycles. The Bertz CT molecular complexity index is 1660.